The van der Waals surface area contributed by atoms with Crippen molar-refractivity contribution >= 4 is 43.9 Å². The quantitative estimate of drug-likeness (QED) is 0.186. The molecule has 0 unspecified atom stereocenters. The average Bonchev–Trinajstić information content (AvgIpc) is 3.81. The fourth-order valence-corrected chi connectivity index (χ4v) is 6.67. The predicted molar refractivity (Wildman–Crippen MR) is 202 cm³/mol. The van der Waals surface area contributed by atoms with E-state index < -0.39 is 18.1 Å². The molecule has 7 aromatic carbocycles. The lowest BCUT2D eigenvalue weighted by Crippen LogP contribution is -2.00. The van der Waals surface area contributed by atoms with Gasteiger partial charge in [0, 0.05) is 38.2 Å². The molecule has 234 valence electrons. The Morgan fingerprint density at radius 1 is 0.380 bits per heavy atom. The maximum atomic E-state index is 8.56. The number of nitrogens with zero attached hydrogens (tertiary/aromatic N) is 3. The monoisotopic (exact) mass is 646 g/mol. The highest BCUT2D eigenvalue weighted by Crippen LogP contribution is 2.40. The molecule has 5 nitrogen and oxygen atoms in total. The Hall–Kier alpha value is -6.85. The Bertz CT molecular complexity index is 3150. The summed E-state index contributed by atoms with van der Waals surface area (Å²) in [7, 11) is 0. The van der Waals surface area contributed by atoms with Gasteiger partial charge in [-0.3, -0.25) is 0 Å². The van der Waals surface area contributed by atoms with E-state index in [9.17, 15) is 0 Å². The minimum Gasteiger partial charge on any atom is -0.455 e. The van der Waals surface area contributed by atoms with Crippen LogP contribution in [0, 0.1) is 0 Å². The number of fused-ring (bicyclic) bond motifs is 6. The molecule has 3 heterocycles. The lowest BCUT2D eigenvalue weighted by molar-refractivity contribution is 0.668. The van der Waals surface area contributed by atoms with E-state index in [2.05, 4.69) is 30.3 Å². The van der Waals surface area contributed by atoms with Crippen LogP contribution in [0.3, 0.4) is 0 Å². The van der Waals surface area contributed by atoms with Crippen LogP contribution >= 0.6 is 0 Å². The van der Waals surface area contributed by atoms with E-state index in [0.29, 0.717) is 45.3 Å². The molecule has 0 amide bonds. The Morgan fingerprint density at radius 2 is 0.980 bits per heavy atom. The van der Waals surface area contributed by atoms with E-state index in [1.165, 1.54) is 0 Å². The van der Waals surface area contributed by atoms with Gasteiger partial charge in [0.2, 0.25) is 0 Å². The highest BCUT2D eigenvalue weighted by atomic mass is 16.3. The summed E-state index contributed by atoms with van der Waals surface area (Å²) < 4.78 is 54.5. The van der Waals surface area contributed by atoms with Crippen LogP contribution in [0.5, 0.6) is 0 Å². The van der Waals surface area contributed by atoms with Crippen LogP contribution in [0.25, 0.3) is 100 Å². The van der Waals surface area contributed by atoms with Gasteiger partial charge in [-0.25, -0.2) is 15.0 Å². The summed E-state index contributed by atoms with van der Waals surface area (Å²) in [4.78, 5) is 14.8. The van der Waals surface area contributed by atoms with Gasteiger partial charge >= 0.3 is 0 Å². The lowest BCUT2D eigenvalue weighted by Gasteiger charge is -2.10. The van der Waals surface area contributed by atoms with E-state index in [0.717, 1.165) is 49.4 Å². The van der Waals surface area contributed by atoms with Crippen LogP contribution < -0.4 is 0 Å². The molecule has 0 saturated carbocycles. The van der Waals surface area contributed by atoms with Gasteiger partial charge in [0.1, 0.15) is 22.3 Å². The van der Waals surface area contributed by atoms with E-state index in [1.54, 1.807) is 18.2 Å². The molecule has 5 heteroatoms. The van der Waals surface area contributed by atoms with Crippen molar-refractivity contribution in [1.82, 2.24) is 15.0 Å². The third kappa shape index (κ3) is 4.67. The molecule has 10 rings (SSSR count). The van der Waals surface area contributed by atoms with Crippen LogP contribution in [0.1, 0.15) is 6.85 Å². The van der Waals surface area contributed by atoms with Gasteiger partial charge in [0.05, 0.1) is 12.4 Å². The summed E-state index contributed by atoms with van der Waals surface area (Å²) in [5.41, 5.74) is 7.61. The average molecular weight is 647 g/mol. The maximum absolute atomic E-state index is 8.56. The maximum Gasteiger partial charge on any atom is 0.167 e. The minimum absolute atomic E-state index is 0.105. The first-order valence-electron chi connectivity index (χ1n) is 18.7. The second-order valence-electron chi connectivity index (χ2n) is 12.0. The van der Waals surface area contributed by atoms with Gasteiger partial charge in [0.15, 0.2) is 17.5 Å². The van der Waals surface area contributed by atoms with Crippen molar-refractivity contribution in [3.05, 3.63) is 164 Å². The van der Waals surface area contributed by atoms with Crippen LogP contribution in [0.15, 0.2) is 173 Å². The Balaban J connectivity index is 1.14. The number of rotatable bonds is 5. The van der Waals surface area contributed by atoms with Crippen molar-refractivity contribution in [3.63, 3.8) is 0 Å². The van der Waals surface area contributed by atoms with Crippen molar-refractivity contribution < 1.29 is 15.7 Å². The van der Waals surface area contributed by atoms with Gasteiger partial charge in [-0.1, -0.05) is 133 Å². The summed E-state index contributed by atoms with van der Waals surface area (Å²) in [6.07, 6.45) is 0. The van der Waals surface area contributed by atoms with Gasteiger partial charge < -0.3 is 8.83 Å². The van der Waals surface area contributed by atoms with Gasteiger partial charge in [-0.05, 0) is 47.0 Å². The lowest BCUT2D eigenvalue weighted by atomic mass is 10.00. The van der Waals surface area contributed by atoms with Crippen molar-refractivity contribution in [1.29, 1.82) is 0 Å². The molecule has 50 heavy (non-hydrogen) atoms. The predicted octanol–water partition coefficient (Wildman–Crippen LogP) is 12.0. The van der Waals surface area contributed by atoms with Gasteiger partial charge in [-0.15, -0.1) is 0 Å². The van der Waals surface area contributed by atoms with Crippen molar-refractivity contribution in [3.8, 4) is 56.4 Å². The zero-order valence-electron chi connectivity index (χ0n) is 31.4. The molecule has 0 N–H and O–H groups in total. The van der Waals surface area contributed by atoms with Gasteiger partial charge in [0.25, 0.3) is 0 Å². The number of furan rings is 2. The van der Waals surface area contributed by atoms with Crippen LogP contribution in [-0.4, -0.2) is 15.0 Å². The number of benzene rings is 7. The van der Waals surface area contributed by atoms with Crippen molar-refractivity contribution in [2.45, 2.75) is 0 Å². The molecule has 0 bridgehead atoms. The van der Waals surface area contributed by atoms with Gasteiger partial charge in [-0.2, -0.15) is 0 Å². The topological polar surface area (TPSA) is 65.0 Å². The third-order valence-corrected chi connectivity index (χ3v) is 9.03. The number of para-hydroxylation sites is 3. The SMILES string of the molecule is [2H]c1c([2H])c([2H])c(-c2cccc(-c3nc(-c4ccccc4)nc(-c4cccc5c4oc4ccc(-c6cccc7c6oc6ccccc67)cc45)n3)c2)c([2H])c1[2H]. The molecule has 0 aliphatic rings. The summed E-state index contributed by atoms with van der Waals surface area (Å²) in [5, 5.41) is 3.97. The minimum atomic E-state index is -0.441. The zero-order valence-corrected chi connectivity index (χ0v) is 26.4. The molecule has 0 saturated heterocycles. The first-order chi connectivity index (χ1) is 26.8. The summed E-state index contributed by atoms with van der Waals surface area (Å²) in [6, 6.07) is 41.2. The second-order valence-corrected chi connectivity index (χ2v) is 12.0. The zero-order chi connectivity index (χ0) is 37.4. The summed E-state index contributed by atoms with van der Waals surface area (Å²) >= 11 is 0. The Kier molecular flexibility index (Phi) is 5.35. The molecule has 0 radical (unpaired) electrons. The third-order valence-electron chi connectivity index (χ3n) is 9.03. The first-order valence-corrected chi connectivity index (χ1v) is 16.2. The Labute approximate surface area is 294 Å². The fourth-order valence-electron chi connectivity index (χ4n) is 6.67. The second kappa shape index (κ2) is 11.4. The normalized spacial score (nSPS) is 13.0. The van der Waals surface area contributed by atoms with Crippen molar-refractivity contribution in [2.75, 3.05) is 0 Å². The number of aromatic nitrogens is 3. The Morgan fingerprint density at radius 3 is 1.82 bits per heavy atom. The standard InChI is InChI=1S/C45H27N3O2/c1-3-12-28(13-4-1)30-16-9-17-32(26-30)44-46-43(29-14-5-2-6-15-29)47-45(48-44)37-22-11-21-36-38-27-31(24-25-40(38)50-42(36)37)33-19-10-20-35-34-18-7-8-23-39(34)49-41(33)35/h1-27H/i1D,3D,4D,12D,13D. The highest BCUT2D eigenvalue weighted by molar-refractivity contribution is 6.13. The van der Waals surface area contributed by atoms with E-state index in [-0.39, 0.29) is 17.6 Å². The van der Waals surface area contributed by atoms with Crippen LogP contribution in [0.4, 0.5) is 0 Å². The van der Waals surface area contributed by atoms with E-state index in [1.807, 2.05) is 84.9 Å². The molecule has 0 fully saturated rings. The summed E-state index contributed by atoms with van der Waals surface area (Å²) in [5.74, 6) is 1.20. The van der Waals surface area contributed by atoms with E-state index in [4.69, 9.17) is 30.6 Å². The molecule has 10 aromatic rings. The number of hydrogen-bond donors (Lipinski definition) is 0. The molecule has 3 aromatic heterocycles. The largest absolute Gasteiger partial charge is 0.455 e. The summed E-state index contributed by atoms with van der Waals surface area (Å²) in [6.45, 7) is 0. The van der Waals surface area contributed by atoms with Crippen LogP contribution in [0.2, 0.25) is 0 Å². The molecular formula is C45H27N3O2. The molecule has 0 spiro atoms. The molecule has 0 aliphatic carbocycles. The molecular weight excluding hydrogens is 615 g/mol. The fraction of sp³-hybridized carbons (Fsp3) is 0. The molecule has 0 atom stereocenters. The van der Waals surface area contributed by atoms with Crippen molar-refractivity contribution in [2.24, 2.45) is 0 Å². The van der Waals surface area contributed by atoms with Crippen LogP contribution in [-0.2, 0) is 0 Å². The highest BCUT2D eigenvalue weighted by Gasteiger charge is 2.19. The van der Waals surface area contributed by atoms with E-state index >= 15 is 0 Å². The number of hydrogen-bond acceptors (Lipinski definition) is 5. The smallest absolute Gasteiger partial charge is 0.167 e. The first kappa shape index (κ1) is 23.5. The molecule has 0 aliphatic heterocycles.